The van der Waals surface area contributed by atoms with Crippen molar-refractivity contribution in [1.29, 1.82) is 0 Å². The van der Waals surface area contributed by atoms with Crippen molar-refractivity contribution in [3.8, 4) is 5.88 Å². The summed E-state index contributed by atoms with van der Waals surface area (Å²) in [5.74, 6) is -0.133. The number of fused-ring (bicyclic) bond motifs is 1. The summed E-state index contributed by atoms with van der Waals surface area (Å²) in [6, 6.07) is 3.07. The Kier molecular flexibility index (Phi) is 7.68. The number of ether oxygens (including phenoxy) is 2. The number of aromatic nitrogens is 5. The lowest BCUT2D eigenvalue weighted by molar-refractivity contribution is 0.0450. The number of pyridine rings is 1. The van der Waals surface area contributed by atoms with Gasteiger partial charge in [0, 0.05) is 19.2 Å². The number of hydrogen-bond acceptors (Lipinski definition) is 7. The first-order valence-electron chi connectivity index (χ1n) is 10.6. The molecule has 0 aromatic carbocycles. The van der Waals surface area contributed by atoms with Crippen LogP contribution in [0.15, 0.2) is 21.7 Å². The number of esters is 1. The van der Waals surface area contributed by atoms with Gasteiger partial charge in [0.15, 0.2) is 16.9 Å². The predicted molar refractivity (Wildman–Crippen MR) is 119 cm³/mol. The van der Waals surface area contributed by atoms with Crippen LogP contribution in [0.1, 0.15) is 56.3 Å². The largest absolute Gasteiger partial charge is 0.478 e. The molecule has 0 saturated heterocycles. The fraction of sp³-hybridized carbons (Fsp3) is 0.476. The molecule has 11 heteroatoms. The third kappa shape index (κ3) is 4.85. The molecule has 0 aliphatic heterocycles. The van der Waals surface area contributed by atoms with Crippen LogP contribution in [0.25, 0.3) is 11.2 Å². The van der Waals surface area contributed by atoms with Crippen molar-refractivity contribution in [3.63, 3.8) is 0 Å². The first-order valence-corrected chi connectivity index (χ1v) is 11.0. The Morgan fingerprint density at radius 3 is 2.56 bits per heavy atom. The lowest BCUT2D eigenvalue weighted by Gasteiger charge is -2.09. The molecule has 10 nitrogen and oxygen atoms in total. The Labute approximate surface area is 189 Å². The first-order chi connectivity index (χ1) is 15.4. The molecule has 0 radical (unpaired) electrons. The number of imidazole rings is 1. The van der Waals surface area contributed by atoms with E-state index < -0.39 is 17.2 Å². The highest BCUT2D eigenvalue weighted by molar-refractivity contribution is 6.33. The zero-order valence-corrected chi connectivity index (χ0v) is 19.1. The average molecular weight is 464 g/mol. The number of carbonyl (C=O) groups excluding carboxylic acids is 1. The van der Waals surface area contributed by atoms with Gasteiger partial charge in [0.2, 0.25) is 5.88 Å². The van der Waals surface area contributed by atoms with Crippen LogP contribution in [0.2, 0.25) is 5.02 Å². The molecule has 0 aliphatic carbocycles. The summed E-state index contributed by atoms with van der Waals surface area (Å²) in [6.45, 7) is 6.82. The van der Waals surface area contributed by atoms with Gasteiger partial charge in [0.1, 0.15) is 12.4 Å². The van der Waals surface area contributed by atoms with Gasteiger partial charge in [-0.15, -0.1) is 0 Å². The molecular formula is C21H26ClN5O5. The van der Waals surface area contributed by atoms with Gasteiger partial charge in [-0.3, -0.25) is 14.3 Å². The van der Waals surface area contributed by atoms with Crippen molar-refractivity contribution in [1.82, 2.24) is 24.1 Å². The minimum atomic E-state index is -0.746. The third-order valence-electron chi connectivity index (χ3n) is 4.79. The molecule has 0 fully saturated rings. The van der Waals surface area contributed by atoms with E-state index in [2.05, 4.69) is 15.0 Å². The van der Waals surface area contributed by atoms with Gasteiger partial charge in [-0.1, -0.05) is 31.9 Å². The van der Waals surface area contributed by atoms with Crippen molar-refractivity contribution in [2.45, 2.75) is 59.7 Å². The number of rotatable bonds is 10. The molecule has 3 aromatic rings. The van der Waals surface area contributed by atoms with Crippen molar-refractivity contribution in [2.24, 2.45) is 0 Å². The third-order valence-corrected chi connectivity index (χ3v) is 5.09. The Bertz CT molecular complexity index is 1230. The maximum atomic E-state index is 12.6. The Balaban J connectivity index is 1.96. The molecule has 3 rings (SSSR count). The zero-order chi connectivity index (χ0) is 23.3. The lowest BCUT2D eigenvalue weighted by Crippen LogP contribution is -2.31. The van der Waals surface area contributed by atoms with Crippen LogP contribution in [0.3, 0.4) is 0 Å². The predicted octanol–water partition coefficient (Wildman–Crippen LogP) is 2.90. The summed E-state index contributed by atoms with van der Waals surface area (Å²) in [5.41, 5.74) is -0.549. The topological polar surface area (TPSA) is 121 Å². The molecular weight excluding hydrogens is 438 g/mol. The molecule has 3 aromatic heterocycles. The monoisotopic (exact) mass is 463 g/mol. The number of aromatic amines is 1. The quantitative estimate of drug-likeness (QED) is 0.459. The summed E-state index contributed by atoms with van der Waals surface area (Å²) in [5, 5.41) is 0.130. The van der Waals surface area contributed by atoms with Gasteiger partial charge in [-0.25, -0.2) is 19.6 Å². The average Bonchev–Trinajstić information content (AvgIpc) is 3.12. The fourth-order valence-corrected chi connectivity index (χ4v) is 3.49. The van der Waals surface area contributed by atoms with Gasteiger partial charge in [-0.05, 0) is 25.8 Å². The summed E-state index contributed by atoms with van der Waals surface area (Å²) in [6.07, 6.45) is 2.35. The smallest absolute Gasteiger partial charge is 0.359 e. The van der Waals surface area contributed by atoms with Crippen LogP contribution in [0, 0.1) is 0 Å². The number of aryl methyl sites for hydroxylation is 2. The van der Waals surface area contributed by atoms with Crippen molar-refractivity contribution in [2.75, 3.05) is 6.61 Å². The van der Waals surface area contributed by atoms with Gasteiger partial charge in [-0.2, -0.15) is 0 Å². The molecule has 0 amide bonds. The number of H-pyrrole nitrogens is 1. The molecule has 1 N–H and O–H groups in total. The number of nitrogens with zero attached hydrogens (tertiary/aromatic N) is 4. The number of nitrogens with one attached hydrogen (secondary N) is 1. The highest BCUT2D eigenvalue weighted by Crippen LogP contribution is 2.20. The second-order valence-electron chi connectivity index (χ2n) is 7.11. The lowest BCUT2D eigenvalue weighted by atomic mass is 10.3. The van der Waals surface area contributed by atoms with Crippen LogP contribution in [-0.4, -0.2) is 36.7 Å². The summed E-state index contributed by atoms with van der Waals surface area (Å²) in [4.78, 5) is 48.5. The zero-order valence-electron chi connectivity index (χ0n) is 18.3. The highest BCUT2D eigenvalue weighted by Gasteiger charge is 2.21. The molecule has 3 heterocycles. The van der Waals surface area contributed by atoms with E-state index in [1.807, 2.05) is 13.8 Å². The maximum absolute atomic E-state index is 12.6. The van der Waals surface area contributed by atoms with E-state index in [0.29, 0.717) is 31.9 Å². The Morgan fingerprint density at radius 2 is 1.88 bits per heavy atom. The van der Waals surface area contributed by atoms with E-state index in [4.69, 9.17) is 21.1 Å². The van der Waals surface area contributed by atoms with E-state index in [0.717, 1.165) is 12.8 Å². The minimum Gasteiger partial charge on any atom is -0.478 e. The van der Waals surface area contributed by atoms with Crippen LogP contribution in [0.5, 0.6) is 5.88 Å². The molecule has 0 saturated carbocycles. The molecule has 172 valence electrons. The van der Waals surface area contributed by atoms with E-state index >= 15 is 0 Å². The molecule has 0 bridgehead atoms. The van der Waals surface area contributed by atoms with Crippen molar-refractivity contribution in [3.05, 3.63) is 49.5 Å². The maximum Gasteiger partial charge on any atom is 0.359 e. The minimum absolute atomic E-state index is 0.0755. The molecule has 0 aliphatic rings. The van der Waals surface area contributed by atoms with Crippen LogP contribution < -0.4 is 16.0 Å². The first kappa shape index (κ1) is 23.5. The van der Waals surface area contributed by atoms with Crippen LogP contribution in [0.4, 0.5) is 0 Å². The Morgan fingerprint density at radius 1 is 1.09 bits per heavy atom. The van der Waals surface area contributed by atoms with Gasteiger partial charge < -0.3 is 14.0 Å². The van der Waals surface area contributed by atoms with Gasteiger partial charge in [0.25, 0.3) is 5.56 Å². The van der Waals surface area contributed by atoms with E-state index in [-0.39, 0.29) is 34.4 Å². The molecule has 0 spiro atoms. The van der Waals surface area contributed by atoms with E-state index in [9.17, 15) is 14.4 Å². The number of carbonyl (C=O) groups is 1. The molecule has 0 atom stereocenters. The van der Waals surface area contributed by atoms with Crippen molar-refractivity contribution >= 4 is 28.7 Å². The highest BCUT2D eigenvalue weighted by atomic mass is 35.5. The number of halogens is 1. The normalized spacial score (nSPS) is 11.1. The van der Waals surface area contributed by atoms with Crippen LogP contribution in [-0.2, 0) is 24.4 Å². The van der Waals surface area contributed by atoms with Crippen LogP contribution >= 0.6 is 11.6 Å². The number of hydrogen-bond donors (Lipinski definition) is 1. The SMILES string of the molecule is CCCCn1c(=O)[nH]c(=O)c2c1nc(COC(=O)c1nc(OCC)ccc1Cl)n2CCC. The summed E-state index contributed by atoms with van der Waals surface area (Å²) >= 11 is 6.10. The molecule has 32 heavy (non-hydrogen) atoms. The van der Waals surface area contributed by atoms with E-state index in [1.54, 1.807) is 17.6 Å². The Hall–Kier alpha value is -3.14. The van der Waals surface area contributed by atoms with E-state index in [1.165, 1.54) is 10.6 Å². The second kappa shape index (κ2) is 10.4. The van der Waals surface area contributed by atoms with Gasteiger partial charge >= 0.3 is 11.7 Å². The standard InChI is InChI=1S/C21H26ClN5O5/c1-4-7-11-27-18-17(19(28)25-21(27)30)26(10-5-2)14(23-18)12-32-20(29)16-13(22)8-9-15(24-16)31-6-3/h8-9H,4-7,10-12H2,1-3H3,(H,25,28,30). The van der Waals surface area contributed by atoms with Crippen molar-refractivity contribution < 1.29 is 14.3 Å². The van der Waals surface area contributed by atoms with Gasteiger partial charge in [0.05, 0.1) is 11.6 Å². The second-order valence-corrected chi connectivity index (χ2v) is 7.51. The molecule has 0 unspecified atom stereocenters. The fourth-order valence-electron chi connectivity index (χ4n) is 3.31. The number of unbranched alkanes of at least 4 members (excludes halogenated alkanes) is 1. The summed E-state index contributed by atoms with van der Waals surface area (Å²) in [7, 11) is 0. The summed E-state index contributed by atoms with van der Waals surface area (Å²) < 4.78 is 13.8.